The van der Waals surface area contributed by atoms with Crippen LogP contribution in [-0.4, -0.2) is 40.3 Å². The Kier molecular flexibility index (Phi) is 4.80. The van der Waals surface area contributed by atoms with Crippen LogP contribution in [0, 0.1) is 0 Å². The second kappa shape index (κ2) is 7.56. The lowest BCUT2D eigenvalue weighted by atomic mass is 10.1. The van der Waals surface area contributed by atoms with Crippen molar-refractivity contribution >= 4 is 34.4 Å². The summed E-state index contributed by atoms with van der Waals surface area (Å²) in [6.07, 6.45) is 2.35. The second-order valence-electron chi connectivity index (χ2n) is 6.72. The molecule has 0 spiro atoms. The zero-order valence-corrected chi connectivity index (χ0v) is 15.1. The summed E-state index contributed by atoms with van der Waals surface area (Å²) in [6, 6.07) is 15.6. The molecule has 1 saturated heterocycles. The Hall–Kier alpha value is -3.61. The van der Waals surface area contributed by atoms with Crippen molar-refractivity contribution in [2.75, 3.05) is 11.9 Å². The van der Waals surface area contributed by atoms with E-state index in [4.69, 9.17) is 0 Å². The standard InChI is InChI=1S/C21H20N4O3/c26-19(23-15-6-2-1-3-7-15)12-18-20(27)25(21(28)24-18)11-10-14-13-22-17-9-5-4-8-16(14)17/h1-9,13,18,22H,10-12H2,(H,23,26)(H,24,28). The largest absolute Gasteiger partial charge is 0.361 e. The number of fused-ring (bicyclic) bond motifs is 1. The Labute approximate surface area is 161 Å². The molecule has 142 valence electrons. The molecular weight excluding hydrogens is 356 g/mol. The van der Waals surface area contributed by atoms with Gasteiger partial charge in [0, 0.05) is 29.3 Å². The molecule has 4 amide bonds. The monoisotopic (exact) mass is 376 g/mol. The van der Waals surface area contributed by atoms with Crippen molar-refractivity contribution in [3.05, 3.63) is 66.4 Å². The zero-order valence-electron chi connectivity index (χ0n) is 15.1. The number of carbonyl (C=O) groups is 3. The SMILES string of the molecule is O=C(CC1NC(=O)N(CCc2c[nH]c3ccccc23)C1=O)Nc1ccccc1. The number of H-pyrrole nitrogens is 1. The highest BCUT2D eigenvalue weighted by atomic mass is 16.2. The first kappa shape index (κ1) is 17.8. The van der Waals surface area contributed by atoms with Crippen LogP contribution in [0.1, 0.15) is 12.0 Å². The van der Waals surface area contributed by atoms with E-state index in [1.165, 1.54) is 4.90 Å². The molecule has 0 bridgehead atoms. The minimum atomic E-state index is -0.834. The van der Waals surface area contributed by atoms with Crippen molar-refractivity contribution in [1.29, 1.82) is 0 Å². The van der Waals surface area contributed by atoms with Crippen LogP contribution in [0.5, 0.6) is 0 Å². The first-order valence-corrected chi connectivity index (χ1v) is 9.13. The molecule has 0 radical (unpaired) electrons. The molecule has 1 unspecified atom stereocenters. The third-order valence-corrected chi connectivity index (χ3v) is 4.83. The molecule has 1 atom stereocenters. The number of benzene rings is 2. The molecule has 7 heteroatoms. The number of nitrogens with one attached hydrogen (secondary N) is 3. The van der Waals surface area contributed by atoms with E-state index in [2.05, 4.69) is 15.6 Å². The molecule has 1 fully saturated rings. The zero-order chi connectivity index (χ0) is 19.5. The first-order chi connectivity index (χ1) is 13.6. The molecule has 3 aromatic rings. The Morgan fingerprint density at radius 2 is 1.79 bits per heavy atom. The number of amides is 4. The van der Waals surface area contributed by atoms with Gasteiger partial charge in [0.2, 0.25) is 5.91 Å². The summed E-state index contributed by atoms with van der Waals surface area (Å²) in [5.41, 5.74) is 2.71. The van der Waals surface area contributed by atoms with Crippen molar-refractivity contribution in [3.8, 4) is 0 Å². The molecule has 1 aliphatic heterocycles. The molecule has 3 N–H and O–H groups in total. The van der Waals surface area contributed by atoms with Crippen LogP contribution in [0.25, 0.3) is 10.9 Å². The van der Waals surface area contributed by atoms with Gasteiger partial charge in [-0.05, 0) is 30.2 Å². The van der Waals surface area contributed by atoms with Gasteiger partial charge in [-0.2, -0.15) is 0 Å². The maximum absolute atomic E-state index is 12.6. The Morgan fingerprint density at radius 3 is 2.61 bits per heavy atom. The third kappa shape index (κ3) is 3.59. The van der Waals surface area contributed by atoms with E-state index in [1.54, 1.807) is 12.1 Å². The summed E-state index contributed by atoms with van der Waals surface area (Å²) in [5, 5.41) is 6.41. The van der Waals surface area contributed by atoms with Gasteiger partial charge >= 0.3 is 6.03 Å². The van der Waals surface area contributed by atoms with Gasteiger partial charge < -0.3 is 15.6 Å². The summed E-state index contributed by atoms with van der Waals surface area (Å²) < 4.78 is 0. The van der Waals surface area contributed by atoms with Gasteiger partial charge in [-0.25, -0.2) is 4.79 Å². The molecule has 0 saturated carbocycles. The average molecular weight is 376 g/mol. The first-order valence-electron chi connectivity index (χ1n) is 9.13. The van der Waals surface area contributed by atoms with Gasteiger partial charge in [0.1, 0.15) is 6.04 Å². The fourth-order valence-electron chi connectivity index (χ4n) is 3.42. The van der Waals surface area contributed by atoms with Crippen molar-refractivity contribution in [3.63, 3.8) is 0 Å². The molecular formula is C21H20N4O3. The highest BCUT2D eigenvalue weighted by Crippen LogP contribution is 2.19. The minimum Gasteiger partial charge on any atom is -0.361 e. The number of carbonyl (C=O) groups excluding carboxylic acids is 3. The molecule has 28 heavy (non-hydrogen) atoms. The Balaban J connectivity index is 1.36. The van der Waals surface area contributed by atoms with Crippen LogP contribution in [0.4, 0.5) is 10.5 Å². The predicted molar refractivity (Wildman–Crippen MR) is 106 cm³/mol. The van der Waals surface area contributed by atoms with Gasteiger partial charge in [-0.15, -0.1) is 0 Å². The lowest BCUT2D eigenvalue weighted by Gasteiger charge is -2.12. The number of rotatable bonds is 6. The van der Waals surface area contributed by atoms with E-state index in [0.717, 1.165) is 16.5 Å². The van der Waals surface area contributed by atoms with Crippen molar-refractivity contribution in [2.24, 2.45) is 0 Å². The maximum atomic E-state index is 12.6. The fourth-order valence-corrected chi connectivity index (χ4v) is 3.42. The van der Waals surface area contributed by atoms with E-state index >= 15 is 0 Å². The number of para-hydroxylation sites is 2. The highest BCUT2D eigenvalue weighted by molar-refractivity contribution is 6.07. The number of hydrogen-bond donors (Lipinski definition) is 3. The van der Waals surface area contributed by atoms with E-state index in [9.17, 15) is 14.4 Å². The van der Waals surface area contributed by atoms with Gasteiger partial charge in [0.25, 0.3) is 5.91 Å². The molecule has 1 aromatic heterocycles. The molecule has 7 nitrogen and oxygen atoms in total. The molecule has 1 aliphatic rings. The summed E-state index contributed by atoms with van der Waals surface area (Å²) in [7, 11) is 0. The van der Waals surface area contributed by atoms with Gasteiger partial charge in [0.15, 0.2) is 0 Å². The van der Waals surface area contributed by atoms with Gasteiger partial charge in [0.05, 0.1) is 6.42 Å². The van der Waals surface area contributed by atoms with Crippen molar-refractivity contribution < 1.29 is 14.4 Å². The maximum Gasteiger partial charge on any atom is 0.324 e. The van der Waals surface area contributed by atoms with Crippen LogP contribution in [0.3, 0.4) is 0 Å². The third-order valence-electron chi connectivity index (χ3n) is 4.83. The number of nitrogens with zero attached hydrogens (tertiary/aromatic N) is 1. The average Bonchev–Trinajstić information content (AvgIpc) is 3.22. The van der Waals surface area contributed by atoms with Crippen LogP contribution in [0.15, 0.2) is 60.8 Å². The summed E-state index contributed by atoms with van der Waals surface area (Å²) in [6.45, 7) is 0.267. The molecule has 2 heterocycles. The number of aromatic amines is 1. The Bertz CT molecular complexity index is 1030. The summed E-state index contributed by atoms with van der Waals surface area (Å²) in [4.78, 5) is 41.3. The van der Waals surface area contributed by atoms with Crippen LogP contribution >= 0.6 is 0 Å². The van der Waals surface area contributed by atoms with Crippen LogP contribution in [-0.2, 0) is 16.0 Å². The van der Waals surface area contributed by atoms with E-state index < -0.39 is 12.1 Å². The number of imide groups is 1. The van der Waals surface area contributed by atoms with Gasteiger partial charge in [-0.1, -0.05) is 36.4 Å². The van der Waals surface area contributed by atoms with Crippen LogP contribution in [0.2, 0.25) is 0 Å². The normalized spacial score (nSPS) is 16.4. The second-order valence-corrected chi connectivity index (χ2v) is 6.72. The van der Waals surface area contributed by atoms with Gasteiger partial charge in [-0.3, -0.25) is 14.5 Å². The number of anilines is 1. The summed E-state index contributed by atoms with van der Waals surface area (Å²) in [5.74, 6) is -0.684. The molecule has 0 aliphatic carbocycles. The van der Waals surface area contributed by atoms with E-state index in [0.29, 0.717) is 12.1 Å². The lowest BCUT2D eigenvalue weighted by Crippen LogP contribution is -2.34. The predicted octanol–water partition coefficient (Wildman–Crippen LogP) is 2.66. The number of urea groups is 1. The van der Waals surface area contributed by atoms with Crippen molar-refractivity contribution in [1.82, 2.24) is 15.2 Å². The molecule has 4 rings (SSSR count). The Morgan fingerprint density at radius 1 is 1.04 bits per heavy atom. The van der Waals surface area contributed by atoms with E-state index in [1.807, 2.05) is 48.7 Å². The summed E-state index contributed by atoms with van der Waals surface area (Å²) >= 11 is 0. The van der Waals surface area contributed by atoms with Crippen molar-refractivity contribution in [2.45, 2.75) is 18.9 Å². The number of hydrogen-bond acceptors (Lipinski definition) is 3. The van der Waals surface area contributed by atoms with E-state index in [-0.39, 0.29) is 24.8 Å². The fraction of sp³-hybridized carbons (Fsp3) is 0.190. The quantitative estimate of drug-likeness (QED) is 0.577. The lowest BCUT2D eigenvalue weighted by molar-refractivity contribution is -0.129. The van der Waals surface area contributed by atoms with Crippen LogP contribution < -0.4 is 10.6 Å². The molecule has 2 aromatic carbocycles. The number of aromatic nitrogens is 1. The smallest absolute Gasteiger partial charge is 0.324 e. The highest BCUT2D eigenvalue weighted by Gasteiger charge is 2.38. The minimum absolute atomic E-state index is 0.0942. The topological polar surface area (TPSA) is 94.3 Å².